The number of nitrogens with zero attached hydrogens (tertiary/aromatic N) is 1. The van der Waals surface area contributed by atoms with Gasteiger partial charge in [-0.15, -0.1) is 11.3 Å². The first-order valence-electron chi connectivity index (χ1n) is 8.61. The van der Waals surface area contributed by atoms with E-state index in [1.165, 1.54) is 34.7 Å². The lowest BCUT2D eigenvalue weighted by molar-refractivity contribution is 0.0150. The Balaban J connectivity index is 1.24. The van der Waals surface area contributed by atoms with Gasteiger partial charge in [0.25, 0.3) is 0 Å². The van der Waals surface area contributed by atoms with E-state index in [0.29, 0.717) is 6.10 Å². The van der Waals surface area contributed by atoms with Crippen molar-refractivity contribution in [2.75, 3.05) is 19.7 Å². The van der Waals surface area contributed by atoms with Gasteiger partial charge in [-0.1, -0.05) is 0 Å². The topological polar surface area (TPSA) is 21.7 Å². The fourth-order valence-corrected chi connectivity index (χ4v) is 4.41. The third-order valence-electron chi connectivity index (χ3n) is 4.60. The first kappa shape index (κ1) is 16.1. The van der Waals surface area contributed by atoms with Gasteiger partial charge in [-0.05, 0) is 55.7 Å². The molecule has 2 aliphatic heterocycles. The summed E-state index contributed by atoms with van der Waals surface area (Å²) in [5.74, 6) is 0.516. The summed E-state index contributed by atoms with van der Waals surface area (Å²) in [5, 5.41) is 0. The molecule has 0 amide bonds. The van der Waals surface area contributed by atoms with Crippen LogP contribution < -0.4 is 4.74 Å². The Morgan fingerprint density at radius 2 is 1.96 bits per heavy atom. The Hall–Kier alpha value is -1.43. The quantitative estimate of drug-likeness (QED) is 0.800. The highest BCUT2D eigenvalue weighted by molar-refractivity contribution is 7.12. The van der Waals surface area contributed by atoms with Gasteiger partial charge in [0.15, 0.2) is 0 Å². The molecule has 5 heteroatoms. The predicted octanol–water partition coefficient (Wildman–Crippen LogP) is 4.39. The smallest absolute Gasteiger partial charge is 0.124 e. The predicted molar refractivity (Wildman–Crippen MR) is 93.0 cm³/mol. The standard InChI is InChI=1S/C19H22FNO2S/c20-14-4-6-15(7-5-14)23-16-11-21(12-16)13-17-8-9-19(24-17)18-3-1-2-10-22-18/h4-9,16,18H,1-3,10-13H2/t18-/m0/s1. The second-order valence-corrected chi connectivity index (χ2v) is 7.75. The van der Waals surface area contributed by atoms with Crippen molar-refractivity contribution in [3.63, 3.8) is 0 Å². The Kier molecular flexibility index (Phi) is 4.83. The molecule has 1 atom stereocenters. The lowest BCUT2D eigenvalue weighted by Gasteiger charge is -2.38. The van der Waals surface area contributed by atoms with Crippen molar-refractivity contribution in [1.82, 2.24) is 4.90 Å². The first-order valence-corrected chi connectivity index (χ1v) is 9.43. The van der Waals surface area contributed by atoms with E-state index in [1.54, 1.807) is 12.1 Å². The fraction of sp³-hybridized carbons (Fsp3) is 0.474. The minimum atomic E-state index is -0.229. The van der Waals surface area contributed by atoms with Crippen LogP contribution in [0.15, 0.2) is 36.4 Å². The van der Waals surface area contributed by atoms with Crippen LogP contribution in [0.25, 0.3) is 0 Å². The molecule has 1 aromatic heterocycles. The van der Waals surface area contributed by atoms with Crippen molar-refractivity contribution < 1.29 is 13.9 Å². The molecule has 0 radical (unpaired) electrons. The number of hydrogen-bond donors (Lipinski definition) is 0. The highest BCUT2D eigenvalue weighted by Gasteiger charge is 2.29. The van der Waals surface area contributed by atoms with Crippen molar-refractivity contribution in [2.45, 2.75) is 38.0 Å². The van der Waals surface area contributed by atoms with Crippen LogP contribution in [0.1, 0.15) is 35.1 Å². The molecule has 3 heterocycles. The van der Waals surface area contributed by atoms with E-state index in [4.69, 9.17) is 9.47 Å². The summed E-state index contributed by atoms with van der Waals surface area (Å²) in [6.07, 6.45) is 4.13. The summed E-state index contributed by atoms with van der Waals surface area (Å²) in [6.45, 7) is 3.71. The molecule has 0 aliphatic carbocycles. The highest BCUT2D eigenvalue weighted by atomic mass is 32.1. The molecular formula is C19H22FNO2S. The lowest BCUT2D eigenvalue weighted by atomic mass is 10.1. The Labute approximate surface area is 146 Å². The number of halogens is 1. The molecule has 0 saturated carbocycles. The molecule has 24 heavy (non-hydrogen) atoms. The van der Waals surface area contributed by atoms with E-state index in [0.717, 1.165) is 38.4 Å². The largest absolute Gasteiger partial charge is 0.488 e. The number of rotatable bonds is 5. The molecule has 2 aromatic rings. The zero-order chi connectivity index (χ0) is 16.4. The maximum absolute atomic E-state index is 12.9. The zero-order valence-corrected chi connectivity index (χ0v) is 14.4. The monoisotopic (exact) mass is 347 g/mol. The third kappa shape index (κ3) is 3.79. The summed E-state index contributed by atoms with van der Waals surface area (Å²) in [4.78, 5) is 5.13. The zero-order valence-electron chi connectivity index (χ0n) is 13.6. The lowest BCUT2D eigenvalue weighted by Crippen LogP contribution is -2.52. The van der Waals surface area contributed by atoms with Gasteiger partial charge in [0.05, 0.1) is 6.10 Å². The van der Waals surface area contributed by atoms with E-state index in [-0.39, 0.29) is 11.9 Å². The first-order chi connectivity index (χ1) is 11.8. The molecule has 0 N–H and O–H groups in total. The van der Waals surface area contributed by atoms with Gasteiger partial charge in [0.1, 0.15) is 17.7 Å². The van der Waals surface area contributed by atoms with E-state index in [1.807, 2.05) is 11.3 Å². The minimum absolute atomic E-state index is 0.205. The number of ether oxygens (including phenoxy) is 2. The van der Waals surface area contributed by atoms with Crippen LogP contribution in [0.3, 0.4) is 0 Å². The number of hydrogen-bond acceptors (Lipinski definition) is 4. The van der Waals surface area contributed by atoms with E-state index < -0.39 is 0 Å². The van der Waals surface area contributed by atoms with Gasteiger partial charge in [0.2, 0.25) is 0 Å². The van der Waals surface area contributed by atoms with Crippen LogP contribution in [0.5, 0.6) is 5.75 Å². The van der Waals surface area contributed by atoms with Gasteiger partial charge in [-0.2, -0.15) is 0 Å². The van der Waals surface area contributed by atoms with Crippen LogP contribution in [-0.2, 0) is 11.3 Å². The summed E-state index contributed by atoms with van der Waals surface area (Å²) in [6, 6.07) is 10.7. The Morgan fingerprint density at radius 1 is 1.12 bits per heavy atom. The Bertz CT molecular complexity index is 660. The van der Waals surface area contributed by atoms with Crippen LogP contribution in [-0.4, -0.2) is 30.7 Å². The number of likely N-dealkylation sites (tertiary alicyclic amines) is 1. The molecule has 1 aromatic carbocycles. The average molecular weight is 347 g/mol. The maximum atomic E-state index is 12.9. The SMILES string of the molecule is Fc1ccc(OC2CN(Cc3ccc([C@@H]4CCCCO4)s3)C2)cc1. The number of thiophene rings is 1. The fourth-order valence-electron chi connectivity index (χ4n) is 3.27. The molecule has 3 nitrogen and oxygen atoms in total. The van der Waals surface area contributed by atoms with Gasteiger partial charge in [-0.3, -0.25) is 4.90 Å². The van der Waals surface area contributed by atoms with Gasteiger partial charge >= 0.3 is 0 Å². The van der Waals surface area contributed by atoms with Crippen molar-refractivity contribution in [2.24, 2.45) is 0 Å². The molecule has 0 unspecified atom stereocenters. The normalized spacial score (nSPS) is 22.3. The van der Waals surface area contributed by atoms with Gasteiger partial charge < -0.3 is 9.47 Å². The van der Waals surface area contributed by atoms with Crippen LogP contribution >= 0.6 is 11.3 Å². The average Bonchev–Trinajstić information content (AvgIpc) is 3.04. The van der Waals surface area contributed by atoms with E-state index in [2.05, 4.69) is 17.0 Å². The van der Waals surface area contributed by atoms with Crippen LogP contribution in [0, 0.1) is 5.82 Å². The number of benzene rings is 1. The van der Waals surface area contributed by atoms with Crippen LogP contribution in [0.4, 0.5) is 4.39 Å². The molecule has 4 rings (SSSR count). The summed E-state index contributed by atoms with van der Waals surface area (Å²) < 4.78 is 24.6. The van der Waals surface area contributed by atoms with Crippen molar-refractivity contribution in [3.8, 4) is 5.75 Å². The highest BCUT2D eigenvalue weighted by Crippen LogP contribution is 2.33. The molecule has 2 saturated heterocycles. The summed E-state index contributed by atoms with van der Waals surface area (Å²) in [7, 11) is 0. The molecule has 0 spiro atoms. The van der Waals surface area contributed by atoms with E-state index >= 15 is 0 Å². The minimum Gasteiger partial charge on any atom is -0.488 e. The van der Waals surface area contributed by atoms with Gasteiger partial charge in [-0.25, -0.2) is 4.39 Å². The third-order valence-corrected chi connectivity index (χ3v) is 5.76. The summed E-state index contributed by atoms with van der Waals surface area (Å²) in [5.41, 5.74) is 0. The molecule has 128 valence electrons. The second-order valence-electron chi connectivity index (χ2n) is 6.55. The molecular weight excluding hydrogens is 325 g/mol. The van der Waals surface area contributed by atoms with Crippen molar-refractivity contribution >= 4 is 11.3 Å². The maximum Gasteiger partial charge on any atom is 0.124 e. The van der Waals surface area contributed by atoms with E-state index in [9.17, 15) is 4.39 Å². The molecule has 2 aliphatic rings. The summed E-state index contributed by atoms with van der Waals surface area (Å²) >= 11 is 1.87. The Morgan fingerprint density at radius 3 is 2.71 bits per heavy atom. The molecule has 0 bridgehead atoms. The molecule has 2 fully saturated rings. The van der Waals surface area contributed by atoms with Crippen molar-refractivity contribution in [3.05, 3.63) is 52.0 Å². The van der Waals surface area contributed by atoms with Gasteiger partial charge in [0, 0.05) is 36.0 Å². The van der Waals surface area contributed by atoms with Crippen LogP contribution in [0.2, 0.25) is 0 Å². The van der Waals surface area contributed by atoms with Crippen molar-refractivity contribution in [1.29, 1.82) is 0 Å². The second kappa shape index (κ2) is 7.21.